The Balaban J connectivity index is 2.27. The molecule has 174 valence electrons. The van der Waals surface area contributed by atoms with Gasteiger partial charge in [-0.3, -0.25) is 4.55 Å². The largest absolute Gasteiger partial charge is 0.399 e. The van der Waals surface area contributed by atoms with E-state index in [9.17, 15) is 27.4 Å². The van der Waals surface area contributed by atoms with Gasteiger partial charge in [0.05, 0.1) is 16.0 Å². The number of nitrogen functional groups attached to an aromatic ring is 1. The molecule has 0 saturated heterocycles. The quantitative estimate of drug-likeness (QED) is 0.148. The van der Waals surface area contributed by atoms with Crippen LogP contribution in [0.25, 0.3) is 6.08 Å². The highest BCUT2D eigenvalue weighted by molar-refractivity contribution is 7.90. The number of hydrogen-bond acceptors (Lipinski definition) is 7. The first-order valence-corrected chi connectivity index (χ1v) is 11.0. The summed E-state index contributed by atoms with van der Waals surface area (Å²) >= 11 is 0. The van der Waals surface area contributed by atoms with Gasteiger partial charge < -0.3 is 21.5 Å². The van der Waals surface area contributed by atoms with Crippen molar-refractivity contribution in [2.45, 2.75) is 19.8 Å². The van der Waals surface area contributed by atoms with Crippen molar-refractivity contribution in [2.75, 3.05) is 5.73 Å². The van der Waals surface area contributed by atoms with Crippen molar-refractivity contribution in [3.63, 3.8) is 0 Å². The van der Waals surface area contributed by atoms with Crippen LogP contribution in [0.2, 0.25) is 0 Å². The zero-order valence-corrected chi connectivity index (χ0v) is 18.5. The number of carbonyl (C=O) groups is 3. The number of rotatable bonds is 8. The number of primary amides is 1. The smallest absolute Gasteiger partial charge is 0.346 e. The van der Waals surface area contributed by atoms with Crippen molar-refractivity contribution in [3.05, 3.63) is 81.9 Å². The second kappa shape index (κ2) is 11.1. The van der Waals surface area contributed by atoms with Gasteiger partial charge in [0.2, 0.25) is 0 Å². The third-order valence-corrected chi connectivity index (χ3v) is 5.41. The van der Waals surface area contributed by atoms with Crippen LogP contribution in [0.15, 0.2) is 70.8 Å². The molecule has 6 N–H and O–H groups in total. The molecule has 11 heteroatoms. The standard InChI is InChI=1S/C22H23N3O7S/c1-14(20(26)32-21(27)16-8-5-9-17(23)13-16)19(25-22(24)28)11-10-18(33(29,30)31)12-15-6-3-2-4-7-15/h2-9,12-13H,10-11,23H2,1H3,(H3,24,25,28)(H,29,30,31). The van der Waals surface area contributed by atoms with Gasteiger partial charge in [0.1, 0.15) is 0 Å². The summed E-state index contributed by atoms with van der Waals surface area (Å²) in [5.74, 6) is -2.04. The molecule has 0 aromatic heterocycles. The van der Waals surface area contributed by atoms with Crippen LogP contribution < -0.4 is 16.8 Å². The second-order valence-corrected chi connectivity index (χ2v) is 8.37. The summed E-state index contributed by atoms with van der Waals surface area (Å²) in [6, 6.07) is 13.1. The summed E-state index contributed by atoms with van der Waals surface area (Å²) in [5, 5.41) is 2.24. The van der Waals surface area contributed by atoms with Crippen LogP contribution in [0.3, 0.4) is 0 Å². The van der Waals surface area contributed by atoms with E-state index in [1.807, 2.05) is 0 Å². The normalized spacial score (nSPS) is 12.5. The molecule has 2 aromatic carbocycles. The Hall–Kier alpha value is -3.96. The predicted octanol–water partition coefficient (Wildman–Crippen LogP) is 2.60. The summed E-state index contributed by atoms with van der Waals surface area (Å²) in [6.07, 6.45) is 0.764. The average Bonchev–Trinajstić information content (AvgIpc) is 2.74. The molecule has 0 spiro atoms. The lowest BCUT2D eigenvalue weighted by Gasteiger charge is -2.13. The number of hydrogen-bond donors (Lipinski definition) is 4. The summed E-state index contributed by atoms with van der Waals surface area (Å²) < 4.78 is 38.0. The monoisotopic (exact) mass is 473 g/mol. The van der Waals surface area contributed by atoms with Crippen LogP contribution in [0, 0.1) is 0 Å². The number of nitrogens with two attached hydrogens (primary N) is 2. The molecule has 0 aliphatic heterocycles. The van der Waals surface area contributed by atoms with E-state index >= 15 is 0 Å². The molecule has 33 heavy (non-hydrogen) atoms. The fourth-order valence-electron chi connectivity index (χ4n) is 2.76. The number of benzene rings is 2. The maximum Gasteiger partial charge on any atom is 0.346 e. The Morgan fingerprint density at radius 2 is 1.73 bits per heavy atom. The predicted molar refractivity (Wildman–Crippen MR) is 122 cm³/mol. The minimum atomic E-state index is -4.58. The van der Waals surface area contributed by atoms with Crippen LogP contribution in [0.1, 0.15) is 35.7 Å². The van der Waals surface area contributed by atoms with Gasteiger partial charge in [-0.05, 0) is 49.6 Å². The lowest BCUT2D eigenvalue weighted by molar-refractivity contribution is -0.133. The molecule has 0 aliphatic carbocycles. The summed E-state index contributed by atoms with van der Waals surface area (Å²) in [4.78, 5) is 35.7. The summed E-state index contributed by atoms with van der Waals surface area (Å²) in [5.41, 5.74) is 11.4. The van der Waals surface area contributed by atoms with Gasteiger partial charge in [0.15, 0.2) is 0 Å². The van der Waals surface area contributed by atoms with Gasteiger partial charge >= 0.3 is 18.0 Å². The molecule has 0 saturated carbocycles. The van der Waals surface area contributed by atoms with Crippen LogP contribution in [-0.2, 0) is 19.6 Å². The lowest BCUT2D eigenvalue weighted by atomic mass is 10.1. The molecule has 2 amide bonds. The van der Waals surface area contributed by atoms with E-state index in [0.717, 1.165) is 0 Å². The van der Waals surface area contributed by atoms with Gasteiger partial charge in [0.25, 0.3) is 10.1 Å². The second-order valence-electron chi connectivity index (χ2n) is 6.89. The van der Waals surface area contributed by atoms with Crippen LogP contribution >= 0.6 is 0 Å². The molecule has 10 nitrogen and oxygen atoms in total. The highest BCUT2D eigenvalue weighted by Crippen LogP contribution is 2.21. The van der Waals surface area contributed by atoms with E-state index in [4.69, 9.17) is 16.2 Å². The Bertz CT molecular complexity index is 1220. The molecular weight excluding hydrogens is 450 g/mol. The molecular formula is C22H23N3O7S. The van der Waals surface area contributed by atoms with Crippen molar-refractivity contribution >= 4 is 39.9 Å². The number of urea groups is 1. The Labute approximate surface area is 190 Å². The van der Waals surface area contributed by atoms with E-state index in [1.54, 1.807) is 36.4 Å². The first-order valence-electron chi connectivity index (χ1n) is 9.58. The zero-order valence-electron chi connectivity index (χ0n) is 17.6. The average molecular weight is 474 g/mol. The molecule has 0 unspecified atom stereocenters. The fraction of sp³-hybridized carbons (Fsp3) is 0.136. The molecule has 0 bridgehead atoms. The number of nitrogens with one attached hydrogen (secondary N) is 1. The molecule has 0 heterocycles. The number of esters is 2. The summed E-state index contributed by atoms with van der Waals surface area (Å²) in [6.45, 7) is 1.27. The third kappa shape index (κ3) is 7.91. The van der Waals surface area contributed by atoms with Crippen LogP contribution in [0.4, 0.5) is 10.5 Å². The fourth-order valence-corrected chi connectivity index (χ4v) is 3.40. The van der Waals surface area contributed by atoms with Gasteiger partial charge in [0, 0.05) is 11.4 Å². The van der Waals surface area contributed by atoms with Gasteiger partial charge in [-0.25, -0.2) is 14.4 Å². The number of carbonyl (C=O) groups excluding carboxylic acids is 3. The van der Waals surface area contributed by atoms with Crippen molar-refractivity contribution in [1.82, 2.24) is 5.32 Å². The van der Waals surface area contributed by atoms with Crippen molar-refractivity contribution < 1.29 is 32.1 Å². The Morgan fingerprint density at radius 3 is 2.30 bits per heavy atom. The van der Waals surface area contributed by atoms with Crippen molar-refractivity contribution in [1.29, 1.82) is 0 Å². The van der Waals surface area contributed by atoms with E-state index in [1.165, 1.54) is 31.2 Å². The van der Waals surface area contributed by atoms with E-state index < -0.39 is 28.1 Å². The lowest BCUT2D eigenvalue weighted by Crippen LogP contribution is -2.31. The Morgan fingerprint density at radius 1 is 1.06 bits per heavy atom. The third-order valence-electron chi connectivity index (χ3n) is 4.42. The minimum absolute atomic E-state index is 0.0417. The SMILES string of the molecule is CC(C(=O)OC(=O)c1cccc(N)c1)=C(CCC(=Cc1ccccc1)S(=O)(=O)O)NC(N)=O. The topological polar surface area (TPSA) is 179 Å². The first-order chi connectivity index (χ1) is 15.5. The van der Waals surface area contributed by atoms with E-state index in [0.29, 0.717) is 11.3 Å². The zero-order chi connectivity index (χ0) is 24.6. The van der Waals surface area contributed by atoms with E-state index in [-0.39, 0.29) is 34.6 Å². The Kier molecular flexibility index (Phi) is 8.49. The van der Waals surface area contributed by atoms with Gasteiger partial charge in [-0.15, -0.1) is 0 Å². The maximum atomic E-state index is 12.5. The van der Waals surface area contributed by atoms with Crippen molar-refractivity contribution in [3.8, 4) is 0 Å². The molecule has 0 aliphatic rings. The first kappa shape index (κ1) is 25.3. The number of ether oxygens (including phenoxy) is 1. The maximum absolute atomic E-state index is 12.5. The highest BCUT2D eigenvalue weighted by Gasteiger charge is 2.21. The molecule has 2 aromatic rings. The van der Waals surface area contributed by atoms with Gasteiger partial charge in [-0.1, -0.05) is 36.4 Å². The number of allylic oxidation sites excluding steroid dienone is 2. The molecule has 0 atom stereocenters. The molecule has 0 radical (unpaired) electrons. The van der Waals surface area contributed by atoms with Gasteiger partial charge in [-0.2, -0.15) is 8.42 Å². The molecule has 2 rings (SSSR count). The van der Waals surface area contributed by atoms with Crippen LogP contribution in [0.5, 0.6) is 0 Å². The van der Waals surface area contributed by atoms with E-state index in [2.05, 4.69) is 5.32 Å². The minimum Gasteiger partial charge on any atom is -0.399 e. The molecule has 0 fully saturated rings. The van der Waals surface area contributed by atoms with Crippen LogP contribution in [-0.4, -0.2) is 30.9 Å². The number of anilines is 1. The van der Waals surface area contributed by atoms with Crippen molar-refractivity contribution in [2.24, 2.45) is 5.73 Å². The summed E-state index contributed by atoms with van der Waals surface area (Å²) in [7, 11) is -4.58. The number of amides is 2. The highest BCUT2D eigenvalue weighted by atomic mass is 32.2.